The quantitative estimate of drug-likeness (QED) is 0.247. The van der Waals surface area contributed by atoms with Crippen LogP contribution in [-0.2, 0) is 0 Å². The van der Waals surface area contributed by atoms with E-state index in [1.54, 1.807) is 12.1 Å². The normalized spacial score (nSPS) is 11.0. The molecular formula is C33H20FN. The van der Waals surface area contributed by atoms with Crippen molar-refractivity contribution in [1.82, 2.24) is 0 Å². The van der Waals surface area contributed by atoms with Gasteiger partial charge < -0.3 is 0 Å². The molecular weight excluding hydrogens is 429 g/mol. The fraction of sp³-hybridized carbons (Fsp3) is 0. The van der Waals surface area contributed by atoms with Crippen molar-refractivity contribution in [2.24, 2.45) is 0 Å². The van der Waals surface area contributed by atoms with Crippen molar-refractivity contribution in [3.63, 3.8) is 0 Å². The third-order valence-electron chi connectivity index (χ3n) is 6.57. The number of benzene rings is 6. The number of hydrogen-bond donors (Lipinski definition) is 0. The number of nitrogens with zero attached hydrogens (tertiary/aromatic N) is 1. The summed E-state index contributed by atoms with van der Waals surface area (Å²) in [6.45, 7) is 0. The Bertz CT molecular complexity index is 1700. The Morgan fingerprint density at radius 1 is 0.457 bits per heavy atom. The first-order chi connectivity index (χ1) is 17.2. The van der Waals surface area contributed by atoms with Gasteiger partial charge in [-0.3, -0.25) is 0 Å². The van der Waals surface area contributed by atoms with Crippen molar-refractivity contribution in [3.05, 3.63) is 133 Å². The molecule has 0 bridgehead atoms. The number of rotatable bonds is 3. The summed E-state index contributed by atoms with van der Waals surface area (Å²) in [5, 5.41) is 14.0. The Morgan fingerprint density at radius 3 is 1.54 bits per heavy atom. The van der Waals surface area contributed by atoms with Crippen molar-refractivity contribution < 1.29 is 4.39 Å². The van der Waals surface area contributed by atoms with E-state index < -0.39 is 5.82 Å². The van der Waals surface area contributed by atoms with Gasteiger partial charge in [0.1, 0.15) is 11.9 Å². The highest BCUT2D eigenvalue weighted by molar-refractivity contribution is 6.21. The molecule has 0 aliphatic rings. The van der Waals surface area contributed by atoms with Crippen molar-refractivity contribution in [1.29, 1.82) is 5.26 Å². The first-order valence-corrected chi connectivity index (χ1v) is 11.5. The summed E-state index contributed by atoms with van der Waals surface area (Å²) in [6, 6.07) is 42.5. The van der Waals surface area contributed by atoms with Gasteiger partial charge in [0, 0.05) is 0 Å². The van der Waals surface area contributed by atoms with Crippen LogP contribution in [0.2, 0.25) is 0 Å². The maximum absolute atomic E-state index is 13.9. The first-order valence-electron chi connectivity index (χ1n) is 11.5. The molecule has 6 aromatic carbocycles. The minimum atomic E-state index is -0.499. The molecule has 6 rings (SSSR count). The van der Waals surface area contributed by atoms with Gasteiger partial charge in [-0.1, -0.05) is 103 Å². The van der Waals surface area contributed by atoms with E-state index in [4.69, 9.17) is 0 Å². The van der Waals surface area contributed by atoms with Crippen LogP contribution in [0.3, 0.4) is 0 Å². The molecule has 0 heterocycles. The molecule has 0 amide bonds. The fourth-order valence-electron chi connectivity index (χ4n) is 5.00. The Kier molecular flexibility index (Phi) is 5.09. The number of hydrogen-bond acceptors (Lipinski definition) is 1. The van der Waals surface area contributed by atoms with E-state index in [0.717, 1.165) is 16.7 Å². The van der Waals surface area contributed by atoms with Gasteiger partial charge in [0.05, 0.1) is 5.56 Å². The fourth-order valence-corrected chi connectivity index (χ4v) is 5.00. The molecule has 0 aliphatic heterocycles. The standard InChI is InChI=1S/C33H20FN/c34-31-18-17-24(20-26(31)21-35)23-11-8-12-25(19-23)33-29-15-6-4-13-27(29)32(22-9-2-1-3-10-22)28-14-5-7-16-30(28)33/h1-20H. The van der Waals surface area contributed by atoms with Crippen LogP contribution in [0.1, 0.15) is 5.56 Å². The zero-order valence-corrected chi connectivity index (χ0v) is 18.9. The topological polar surface area (TPSA) is 23.8 Å². The third-order valence-corrected chi connectivity index (χ3v) is 6.57. The Balaban J connectivity index is 1.66. The molecule has 6 aromatic rings. The second-order valence-electron chi connectivity index (χ2n) is 8.59. The molecule has 2 heteroatoms. The maximum atomic E-state index is 13.9. The summed E-state index contributed by atoms with van der Waals surface area (Å²) in [6.07, 6.45) is 0. The summed E-state index contributed by atoms with van der Waals surface area (Å²) in [5.74, 6) is -0.499. The van der Waals surface area contributed by atoms with Crippen LogP contribution in [0.4, 0.5) is 4.39 Å². The van der Waals surface area contributed by atoms with Gasteiger partial charge in [0.25, 0.3) is 0 Å². The van der Waals surface area contributed by atoms with E-state index in [0.29, 0.717) is 0 Å². The van der Waals surface area contributed by atoms with E-state index in [1.807, 2.05) is 24.3 Å². The molecule has 0 atom stereocenters. The average molecular weight is 450 g/mol. The largest absolute Gasteiger partial charge is 0.206 e. The van der Waals surface area contributed by atoms with Crippen LogP contribution in [0, 0.1) is 17.1 Å². The molecule has 0 saturated carbocycles. The summed E-state index contributed by atoms with van der Waals surface area (Å²) < 4.78 is 13.9. The Hall–Kier alpha value is -4.74. The number of fused-ring (bicyclic) bond motifs is 2. The van der Waals surface area contributed by atoms with Crippen LogP contribution >= 0.6 is 0 Å². The lowest BCUT2D eigenvalue weighted by Gasteiger charge is -2.18. The van der Waals surface area contributed by atoms with Gasteiger partial charge >= 0.3 is 0 Å². The van der Waals surface area contributed by atoms with Crippen LogP contribution in [0.25, 0.3) is 54.9 Å². The second kappa shape index (κ2) is 8.56. The lowest BCUT2D eigenvalue weighted by atomic mass is 9.85. The minimum Gasteiger partial charge on any atom is -0.206 e. The molecule has 35 heavy (non-hydrogen) atoms. The second-order valence-corrected chi connectivity index (χ2v) is 8.59. The summed E-state index contributed by atoms with van der Waals surface area (Å²) in [5.41, 5.74) is 6.48. The van der Waals surface area contributed by atoms with Crippen LogP contribution in [-0.4, -0.2) is 0 Å². The average Bonchev–Trinajstić information content (AvgIpc) is 2.92. The van der Waals surface area contributed by atoms with E-state index >= 15 is 0 Å². The van der Waals surface area contributed by atoms with Crippen molar-refractivity contribution in [2.45, 2.75) is 0 Å². The number of halogens is 1. The zero-order chi connectivity index (χ0) is 23.8. The Morgan fingerprint density at radius 2 is 0.943 bits per heavy atom. The summed E-state index contributed by atoms with van der Waals surface area (Å²) >= 11 is 0. The van der Waals surface area contributed by atoms with Gasteiger partial charge in [-0.25, -0.2) is 4.39 Å². The van der Waals surface area contributed by atoms with E-state index in [9.17, 15) is 9.65 Å². The van der Waals surface area contributed by atoms with E-state index in [2.05, 4.69) is 84.9 Å². The van der Waals surface area contributed by atoms with Crippen molar-refractivity contribution >= 4 is 21.5 Å². The van der Waals surface area contributed by atoms with Crippen LogP contribution < -0.4 is 0 Å². The van der Waals surface area contributed by atoms with E-state index in [1.165, 1.54) is 44.3 Å². The molecule has 164 valence electrons. The predicted octanol–water partition coefficient (Wildman–Crippen LogP) is 9.00. The van der Waals surface area contributed by atoms with Gasteiger partial charge in [-0.2, -0.15) is 5.26 Å². The monoisotopic (exact) mass is 449 g/mol. The lowest BCUT2D eigenvalue weighted by molar-refractivity contribution is 0.624. The first kappa shape index (κ1) is 20.8. The summed E-state index contributed by atoms with van der Waals surface area (Å²) in [7, 11) is 0. The SMILES string of the molecule is N#Cc1cc(-c2cccc(-c3c4ccccc4c(-c4ccccc4)c4ccccc34)c2)ccc1F. The Labute approximate surface area is 203 Å². The molecule has 0 unspecified atom stereocenters. The van der Waals surface area contributed by atoms with Gasteiger partial charge in [0.15, 0.2) is 0 Å². The van der Waals surface area contributed by atoms with Crippen molar-refractivity contribution in [3.8, 4) is 39.4 Å². The zero-order valence-electron chi connectivity index (χ0n) is 18.9. The molecule has 0 aliphatic carbocycles. The van der Waals surface area contributed by atoms with Crippen LogP contribution in [0.15, 0.2) is 121 Å². The molecule has 0 saturated heterocycles. The van der Waals surface area contributed by atoms with Crippen molar-refractivity contribution in [2.75, 3.05) is 0 Å². The molecule has 1 nitrogen and oxygen atoms in total. The lowest BCUT2D eigenvalue weighted by Crippen LogP contribution is -1.91. The molecule has 0 aromatic heterocycles. The smallest absolute Gasteiger partial charge is 0.140 e. The number of nitriles is 1. The van der Waals surface area contributed by atoms with Gasteiger partial charge in [-0.05, 0) is 73.1 Å². The highest BCUT2D eigenvalue weighted by Crippen LogP contribution is 2.44. The van der Waals surface area contributed by atoms with Gasteiger partial charge in [-0.15, -0.1) is 0 Å². The highest BCUT2D eigenvalue weighted by atomic mass is 19.1. The minimum absolute atomic E-state index is 0.0519. The maximum Gasteiger partial charge on any atom is 0.140 e. The molecule has 0 spiro atoms. The molecule has 0 fully saturated rings. The highest BCUT2D eigenvalue weighted by Gasteiger charge is 2.16. The molecule has 0 N–H and O–H groups in total. The van der Waals surface area contributed by atoms with Gasteiger partial charge in [0.2, 0.25) is 0 Å². The van der Waals surface area contributed by atoms with E-state index in [-0.39, 0.29) is 5.56 Å². The molecule has 0 radical (unpaired) electrons. The summed E-state index contributed by atoms with van der Waals surface area (Å²) in [4.78, 5) is 0. The predicted molar refractivity (Wildman–Crippen MR) is 142 cm³/mol. The van der Waals surface area contributed by atoms with Crippen LogP contribution in [0.5, 0.6) is 0 Å². The third kappa shape index (κ3) is 3.55.